The molecule has 0 aromatic heterocycles. The van der Waals surface area contributed by atoms with E-state index in [2.05, 4.69) is 82.9 Å². The van der Waals surface area contributed by atoms with E-state index >= 15 is 0 Å². The topological polar surface area (TPSA) is 48.9 Å². The Bertz CT molecular complexity index is 784. The molecule has 2 aromatic rings. The summed E-state index contributed by atoms with van der Waals surface area (Å²) < 4.78 is 5.56. The maximum absolute atomic E-state index is 5.56. The summed E-state index contributed by atoms with van der Waals surface area (Å²) in [4.78, 5) is 6.91. The Morgan fingerprint density at radius 1 is 1.07 bits per heavy atom. The van der Waals surface area contributed by atoms with Gasteiger partial charge in [-0.15, -0.1) is 0 Å². The number of aliphatic imine (C=N–C) groups is 1. The molecule has 1 fully saturated rings. The number of aryl methyl sites for hydroxylation is 2. The summed E-state index contributed by atoms with van der Waals surface area (Å²) >= 11 is 0. The van der Waals surface area contributed by atoms with Gasteiger partial charge in [0.25, 0.3) is 0 Å². The Labute approximate surface area is 168 Å². The summed E-state index contributed by atoms with van der Waals surface area (Å²) in [6, 6.07) is 17.5. The normalized spacial score (nSPS) is 16.6. The molecule has 0 radical (unpaired) electrons. The molecular formula is C23H32N4O. The van der Waals surface area contributed by atoms with Gasteiger partial charge >= 0.3 is 0 Å². The van der Waals surface area contributed by atoms with Crippen LogP contribution in [-0.4, -0.2) is 50.8 Å². The molecule has 0 bridgehead atoms. The third-order valence-corrected chi connectivity index (χ3v) is 5.31. The van der Waals surface area contributed by atoms with Crippen LogP contribution in [0.2, 0.25) is 0 Å². The Morgan fingerprint density at radius 2 is 1.86 bits per heavy atom. The van der Waals surface area contributed by atoms with Gasteiger partial charge in [-0.2, -0.15) is 0 Å². The summed E-state index contributed by atoms with van der Waals surface area (Å²) in [5.41, 5.74) is 5.20. The molecule has 0 aliphatic carbocycles. The van der Waals surface area contributed by atoms with Crippen LogP contribution in [0.4, 0.5) is 0 Å². The van der Waals surface area contributed by atoms with Gasteiger partial charge in [-0.3, -0.25) is 9.89 Å². The van der Waals surface area contributed by atoms with Crippen LogP contribution in [0.1, 0.15) is 28.3 Å². The number of hydrogen-bond acceptors (Lipinski definition) is 3. The van der Waals surface area contributed by atoms with E-state index in [1.54, 1.807) is 0 Å². The lowest BCUT2D eigenvalue weighted by molar-refractivity contribution is 0.0170. The average molecular weight is 381 g/mol. The molecule has 1 unspecified atom stereocenters. The smallest absolute Gasteiger partial charge is 0.191 e. The monoisotopic (exact) mass is 380 g/mol. The molecule has 28 heavy (non-hydrogen) atoms. The predicted molar refractivity (Wildman–Crippen MR) is 116 cm³/mol. The molecule has 1 atom stereocenters. The van der Waals surface area contributed by atoms with Gasteiger partial charge < -0.3 is 15.4 Å². The van der Waals surface area contributed by atoms with Crippen LogP contribution in [-0.2, 0) is 11.3 Å². The summed E-state index contributed by atoms with van der Waals surface area (Å²) in [5.74, 6) is 0.828. The van der Waals surface area contributed by atoms with Crippen LogP contribution in [0, 0.1) is 13.8 Å². The van der Waals surface area contributed by atoms with E-state index < -0.39 is 0 Å². The third kappa shape index (κ3) is 5.57. The summed E-state index contributed by atoms with van der Waals surface area (Å²) in [6.45, 7) is 9.35. The van der Waals surface area contributed by atoms with E-state index in [9.17, 15) is 0 Å². The second kappa shape index (κ2) is 10.2. The van der Waals surface area contributed by atoms with E-state index in [0.29, 0.717) is 6.04 Å². The van der Waals surface area contributed by atoms with Gasteiger partial charge in [0.1, 0.15) is 0 Å². The van der Waals surface area contributed by atoms with Gasteiger partial charge in [-0.05, 0) is 30.5 Å². The van der Waals surface area contributed by atoms with E-state index in [1.165, 1.54) is 22.3 Å². The molecule has 1 aliphatic rings. The second-order valence-corrected chi connectivity index (χ2v) is 7.31. The third-order valence-electron chi connectivity index (χ3n) is 5.31. The number of benzene rings is 2. The minimum atomic E-state index is 0.292. The SMILES string of the molecule is CN=C(NCc1ccccc1C)NCC(c1cccc(C)c1)N1CCOCC1. The lowest BCUT2D eigenvalue weighted by atomic mass is 10.0. The first-order valence-corrected chi connectivity index (χ1v) is 10.0. The maximum atomic E-state index is 5.56. The number of nitrogens with zero attached hydrogens (tertiary/aromatic N) is 2. The average Bonchev–Trinajstić information content (AvgIpc) is 2.72. The molecule has 1 aliphatic heterocycles. The molecule has 1 saturated heterocycles. The predicted octanol–water partition coefficient (Wildman–Crippen LogP) is 3.04. The van der Waals surface area contributed by atoms with Crippen LogP contribution in [0.5, 0.6) is 0 Å². The number of hydrogen-bond donors (Lipinski definition) is 2. The highest BCUT2D eigenvalue weighted by atomic mass is 16.5. The Kier molecular flexibility index (Phi) is 7.46. The fraction of sp³-hybridized carbons (Fsp3) is 0.435. The molecule has 2 N–H and O–H groups in total. The van der Waals surface area contributed by atoms with Crippen molar-refractivity contribution >= 4 is 5.96 Å². The van der Waals surface area contributed by atoms with Crippen molar-refractivity contribution in [2.75, 3.05) is 39.9 Å². The molecule has 3 rings (SSSR count). The van der Waals surface area contributed by atoms with Crippen LogP contribution < -0.4 is 10.6 Å². The van der Waals surface area contributed by atoms with E-state index in [0.717, 1.165) is 45.4 Å². The first kappa shape index (κ1) is 20.4. The Hall–Kier alpha value is -2.37. The van der Waals surface area contributed by atoms with Crippen molar-refractivity contribution in [1.29, 1.82) is 0 Å². The molecule has 5 nitrogen and oxygen atoms in total. The zero-order valence-electron chi connectivity index (χ0n) is 17.2. The van der Waals surface area contributed by atoms with Crippen LogP contribution in [0.15, 0.2) is 53.5 Å². The standard InChI is InChI=1S/C23H32N4O/c1-18-7-6-10-20(15-18)22(27-11-13-28-14-12-27)17-26-23(24-3)25-16-21-9-5-4-8-19(21)2/h4-10,15,22H,11-14,16-17H2,1-3H3,(H2,24,25,26). The maximum Gasteiger partial charge on any atom is 0.191 e. The number of rotatable bonds is 6. The van der Waals surface area contributed by atoms with Gasteiger partial charge in [0.15, 0.2) is 5.96 Å². The number of ether oxygens (including phenoxy) is 1. The lowest BCUT2D eigenvalue weighted by Gasteiger charge is -2.35. The molecular weight excluding hydrogens is 348 g/mol. The fourth-order valence-electron chi connectivity index (χ4n) is 3.63. The van der Waals surface area contributed by atoms with Crippen molar-refractivity contribution in [2.24, 2.45) is 4.99 Å². The molecule has 0 spiro atoms. The highest BCUT2D eigenvalue weighted by Crippen LogP contribution is 2.22. The molecule has 1 heterocycles. The van der Waals surface area contributed by atoms with Crippen molar-refractivity contribution in [3.63, 3.8) is 0 Å². The van der Waals surface area contributed by atoms with E-state index in [4.69, 9.17) is 4.74 Å². The summed E-state index contributed by atoms with van der Waals surface area (Å²) in [7, 11) is 1.82. The highest BCUT2D eigenvalue weighted by molar-refractivity contribution is 5.79. The van der Waals surface area contributed by atoms with Crippen molar-refractivity contribution in [3.05, 3.63) is 70.8 Å². The quantitative estimate of drug-likeness (QED) is 0.597. The summed E-state index contributed by atoms with van der Waals surface area (Å²) in [5, 5.41) is 6.97. The van der Waals surface area contributed by atoms with Gasteiger partial charge in [-0.1, -0.05) is 54.1 Å². The fourth-order valence-corrected chi connectivity index (χ4v) is 3.63. The highest BCUT2D eigenvalue weighted by Gasteiger charge is 2.23. The van der Waals surface area contributed by atoms with Crippen LogP contribution >= 0.6 is 0 Å². The van der Waals surface area contributed by atoms with Crippen LogP contribution in [0.25, 0.3) is 0 Å². The molecule has 5 heteroatoms. The largest absolute Gasteiger partial charge is 0.379 e. The van der Waals surface area contributed by atoms with Crippen molar-refractivity contribution < 1.29 is 4.74 Å². The van der Waals surface area contributed by atoms with Gasteiger partial charge in [-0.25, -0.2) is 0 Å². The minimum absolute atomic E-state index is 0.292. The van der Waals surface area contributed by atoms with E-state index in [1.807, 2.05) is 7.05 Å². The van der Waals surface area contributed by atoms with Crippen LogP contribution in [0.3, 0.4) is 0 Å². The zero-order chi connectivity index (χ0) is 19.8. The van der Waals surface area contributed by atoms with Crippen molar-refractivity contribution in [2.45, 2.75) is 26.4 Å². The molecule has 0 saturated carbocycles. The number of guanidine groups is 1. The van der Waals surface area contributed by atoms with Gasteiger partial charge in [0, 0.05) is 33.2 Å². The first-order valence-electron chi connectivity index (χ1n) is 10.0. The van der Waals surface area contributed by atoms with Gasteiger partial charge in [0.05, 0.1) is 19.3 Å². The second-order valence-electron chi connectivity index (χ2n) is 7.31. The van der Waals surface area contributed by atoms with Crippen molar-refractivity contribution in [3.8, 4) is 0 Å². The Morgan fingerprint density at radius 3 is 2.57 bits per heavy atom. The number of morpholine rings is 1. The van der Waals surface area contributed by atoms with Gasteiger partial charge in [0.2, 0.25) is 0 Å². The zero-order valence-corrected chi connectivity index (χ0v) is 17.2. The lowest BCUT2D eigenvalue weighted by Crippen LogP contribution is -2.46. The molecule has 150 valence electrons. The first-order chi connectivity index (χ1) is 13.7. The number of nitrogens with one attached hydrogen (secondary N) is 2. The summed E-state index contributed by atoms with van der Waals surface area (Å²) in [6.07, 6.45) is 0. The molecule has 2 aromatic carbocycles. The minimum Gasteiger partial charge on any atom is -0.379 e. The Balaban J connectivity index is 1.65. The van der Waals surface area contributed by atoms with E-state index in [-0.39, 0.29) is 0 Å². The molecule has 0 amide bonds. The van der Waals surface area contributed by atoms with Crippen molar-refractivity contribution in [1.82, 2.24) is 15.5 Å².